The first-order valence-corrected chi connectivity index (χ1v) is 9.40. The zero-order valence-corrected chi connectivity index (χ0v) is 14.1. The fraction of sp³-hybridized carbons (Fsp3) is 0.154. The molecule has 0 aliphatic carbocycles. The number of fused-ring (bicyclic) bond motifs is 1. The highest BCUT2D eigenvalue weighted by molar-refractivity contribution is 7.93. The van der Waals surface area contributed by atoms with Gasteiger partial charge in [-0.2, -0.15) is 26.3 Å². The van der Waals surface area contributed by atoms with E-state index in [1.165, 1.54) is 0 Å². The lowest BCUT2D eigenvalue weighted by atomic mass is 10.1. The van der Waals surface area contributed by atoms with E-state index in [1.54, 1.807) is 0 Å². The van der Waals surface area contributed by atoms with Crippen molar-refractivity contribution in [2.45, 2.75) is 20.8 Å². The summed E-state index contributed by atoms with van der Waals surface area (Å²) in [6, 6.07) is 1.90. The lowest BCUT2D eigenvalue weighted by Crippen LogP contribution is -2.26. The average molecular weight is 436 g/mol. The van der Waals surface area contributed by atoms with Crippen LogP contribution in [0.15, 0.2) is 40.1 Å². The summed E-state index contributed by atoms with van der Waals surface area (Å²) >= 11 is 0. The van der Waals surface area contributed by atoms with Crippen molar-refractivity contribution in [1.29, 1.82) is 0 Å². The molecule has 0 amide bonds. The Hall–Kier alpha value is -2.35. The summed E-state index contributed by atoms with van der Waals surface area (Å²) in [5.41, 5.74) is -12.5. The molecule has 27 heavy (non-hydrogen) atoms. The van der Waals surface area contributed by atoms with Crippen molar-refractivity contribution >= 4 is 36.4 Å². The van der Waals surface area contributed by atoms with E-state index in [0.717, 1.165) is 6.07 Å². The third-order valence-corrected chi connectivity index (χ3v) is 6.34. The maximum absolute atomic E-state index is 12.9. The van der Waals surface area contributed by atoms with Gasteiger partial charge in [0.25, 0.3) is 19.7 Å². The predicted octanol–water partition coefficient (Wildman–Crippen LogP) is 3.13. The number of hydrogen-bond acceptors (Lipinski definition) is 5. The van der Waals surface area contributed by atoms with Crippen molar-refractivity contribution in [1.82, 2.24) is 0 Å². The molecule has 0 saturated carbocycles. The quantitative estimate of drug-likeness (QED) is 0.742. The van der Waals surface area contributed by atoms with Gasteiger partial charge in [-0.1, -0.05) is 6.07 Å². The molecule has 0 radical (unpaired) electrons. The molecule has 1 N–H and O–H groups in total. The molecule has 0 spiro atoms. The Labute approximate surface area is 146 Å². The number of carboxylic acid groups (broad SMARTS) is 1. The van der Waals surface area contributed by atoms with Crippen LogP contribution in [-0.2, 0) is 19.7 Å². The van der Waals surface area contributed by atoms with Crippen LogP contribution in [0.2, 0.25) is 0 Å². The molecule has 2 aromatic rings. The molecule has 0 fully saturated rings. The van der Waals surface area contributed by atoms with Crippen LogP contribution in [0.4, 0.5) is 26.3 Å². The van der Waals surface area contributed by atoms with Crippen molar-refractivity contribution in [2.24, 2.45) is 0 Å². The van der Waals surface area contributed by atoms with Gasteiger partial charge in [-0.05, 0) is 29.7 Å². The van der Waals surface area contributed by atoms with Gasteiger partial charge in [-0.25, -0.2) is 21.6 Å². The van der Waals surface area contributed by atoms with Crippen LogP contribution in [-0.4, -0.2) is 38.9 Å². The van der Waals surface area contributed by atoms with Crippen LogP contribution in [0.25, 0.3) is 10.8 Å². The molecule has 6 nitrogen and oxygen atoms in total. The summed E-state index contributed by atoms with van der Waals surface area (Å²) < 4.78 is 123. The van der Waals surface area contributed by atoms with Gasteiger partial charge in [0.15, 0.2) is 0 Å². The lowest BCUT2D eigenvalue weighted by molar-refractivity contribution is -0.0438. The maximum Gasteiger partial charge on any atom is 0.501 e. The highest BCUT2D eigenvalue weighted by Gasteiger charge is 2.50. The number of alkyl halides is 6. The molecule has 0 unspecified atom stereocenters. The second kappa shape index (κ2) is 6.09. The Kier molecular flexibility index (Phi) is 4.72. The molecule has 2 aromatic carbocycles. The van der Waals surface area contributed by atoms with Gasteiger partial charge in [0.2, 0.25) is 0 Å². The topological polar surface area (TPSA) is 106 Å². The van der Waals surface area contributed by atoms with Gasteiger partial charge >= 0.3 is 17.0 Å². The Morgan fingerprint density at radius 1 is 0.815 bits per heavy atom. The second-order valence-corrected chi connectivity index (χ2v) is 8.91. The van der Waals surface area contributed by atoms with Crippen LogP contribution in [0.3, 0.4) is 0 Å². The summed E-state index contributed by atoms with van der Waals surface area (Å²) in [4.78, 5) is 7.42. The third kappa shape index (κ3) is 3.45. The Morgan fingerprint density at radius 2 is 1.33 bits per heavy atom. The minimum absolute atomic E-state index is 0.250. The van der Waals surface area contributed by atoms with Crippen molar-refractivity contribution in [2.75, 3.05) is 0 Å². The first-order chi connectivity index (χ1) is 12.0. The van der Waals surface area contributed by atoms with E-state index in [2.05, 4.69) is 0 Å². The van der Waals surface area contributed by atoms with Crippen molar-refractivity contribution in [3.8, 4) is 0 Å². The fourth-order valence-electron chi connectivity index (χ4n) is 2.08. The zero-order valence-electron chi connectivity index (χ0n) is 12.5. The summed E-state index contributed by atoms with van der Waals surface area (Å²) in [5.74, 6) is -1.62. The molecule has 0 heterocycles. The van der Waals surface area contributed by atoms with Crippen LogP contribution >= 0.6 is 0 Å². The SMILES string of the molecule is O=C(O)c1ccc2c(S(=O)(=O)C(F)(F)F)cc(S(=O)(=O)C(F)(F)F)cc2c1. The van der Waals surface area contributed by atoms with E-state index in [4.69, 9.17) is 5.11 Å². The minimum atomic E-state index is -6.24. The van der Waals surface area contributed by atoms with Gasteiger partial charge in [0.1, 0.15) is 0 Å². The number of rotatable bonds is 3. The molecule has 2 rings (SSSR count). The maximum atomic E-state index is 12.9. The summed E-state index contributed by atoms with van der Waals surface area (Å²) in [7, 11) is -12.5. The zero-order chi connectivity index (χ0) is 21.0. The monoisotopic (exact) mass is 436 g/mol. The predicted molar refractivity (Wildman–Crippen MR) is 77.4 cm³/mol. The second-order valence-electron chi connectivity index (χ2n) is 5.06. The van der Waals surface area contributed by atoms with Gasteiger partial charge in [-0.3, -0.25) is 0 Å². The first kappa shape index (κ1) is 21.0. The number of sulfone groups is 2. The third-order valence-electron chi connectivity index (χ3n) is 3.34. The number of carbonyl (C=O) groups is 1. The number of halogens is 6. The standard InChI is InChI=1S/C13H6F6O6S2/c14-12(15,16)26(22,23)8-4-7-3-6(11(20)21)1-2-9(7)10(5-8)27(24,25)13(17,18)19/h1-5H,(H,20,21). The molecular weight excluding hydrogens is 430 g/mol. The number of carboxylic acids is 1. The molecule has 0 bridgehead atoms. The molecule has 0 atom stereocenters. The highest BCUT2D eigenvalue weighted by Crippen LogP contribution is 2.39. The van der Waals surface area contributed by atoms with Crippen LogP contribution < -0.4 is 0 Å². The van der Waals surface area contributed by atoms with E-state index in [-0.39, 0.29) is 12.1 Å². The molecule has 0 aromatic heterocycles. The Morgan fingerprint density at radius 3 is 1.78 bits per heavy atom. The van der Waals surface area contributed by atoms with E-state index in [0.29, 0.717) is 12.1 Å². The van der Waals surface area contributed by atoms with Crippen LogP contribution in [0.5, 0.6) is 0 Å². The summed E-state index contributed by atoms with van der Waals surface area (Å²) in [5, 5.41) is 7.32. The van der Waals surface area contributed by atoms with E-state index in [1.807, 2.05) is 0 Å². The van der Waals surface area contributed by atoms with Crippen molar-refractivity contribution in [3.05, 3.63) is 35.9 Å². The van der Waals surface area contributed by atoms with Gasteiger partial charge in [0.05, 0.1) is 15.4 Å². The normalized spacial score (nSPS) is 13.7. The molecule has 0 aliphatic rings. The molecule has 0 aliphatic heterocycles. The van der Waals surface area contributed by atoms with Crippen LogP contribution in [0.1, 0.15) is 10.4 Å². The summed E-state index contributed by atoms with van der Waals surface area (Å²) in [6.07, 6.45) is 0. The molecule has 0 saturated heterocycles. The van der Waals surface area contributed by atoms with Crippen LogP contribution in [0, 0.1) is 0 Å². The fourth-order valence-corrected chi connectivity index (χ4v) is 3.98. The lowest BCUT2D eigenvalue weighted by Gasteiger charge is -2.14. The van der Waals surface area contributed by atoms with E-state index < -0.39 is 62.8 Å². The molecule has 14 heteroatoms. The summed E-state index contributed by atoms with van der Waals surface area (Å²) in [6.45, 7) is 0. The van der Waals surface area contributed by atoms with Crippen molar-refractivity contribution in [3.63, 3.8) is 0 Å². The number of hydrogen-bond donors (Lipinski definition) is 1. The highest BCUT2D eigenvalue weighted by atomic mass is 32.2. The number of aromatic carboxylic acids is 1. The van der Waals surface area contributed by atoms with Gasteiger partial charge in [0, 0.05) is 5.39 Å². The van der Waals surface area contributed by atoms with E-state index >= 15 is 0 Å². The van der Waals surface area contributed by atoms with Gasteiger partial charge in [-0.15, -0.1) is 0 Å². The smallest absolute Gasteiger partial charge is 0.478 e. The Balaban J connectivity index is 3.04. The molecular formula is C13H6F6O6S2. The minimum Gasteiger partial charge on any atom is -0.478 e. The largest absolute Gasteiger partial charge is 0.501 e. The average Bonchev–Trinajstić information content (AvgIpc) is 2.50. The van der Waals surface area contributed by atoms with E-state index in [9.17, 15) is 48.0 Å². The number of benzene rings is 2. The van der Waals surface area contributed by atoms with Gasteiger partial charge < -0.3 is 5.11 Å². The molecule has 148 valence electrons. The van der Waals surface area contributed by atoms with Crippen molar-refractivity contribution < 1.29 is 53.1 Å². The first-order valence-electron chi connectivity index (χ1n) is 6.44. The Bertz CT molecular complexity index is 1150.